The molecule has 4 heteroatoms. The summed E-state index contributed by atoms with van der Waals surface area (Å²) in [5, 5.41) is 3.21. The largest absolute Gasteiger partial charge is 0.345 e. The van der Waals surface area contributed by atoms with E-state index in [9.17, 15) is 4.79 Å². The highest BCUT2D eigenvalue weighted by molar-refractivity contribution is 7.14. The highest BCUT2D eigenvalue weighted by Crippen LogP contribution is 2.34. The first-order valence-corrected chi connectivity index (χ1v) is 8.26. The zero-order chi connectivity index (χ0) is 14.0. The highest BCUT2D eigenvalue weighted by atomic mass is 35.5. The second-order valence-corrected chi connectivity index (χ2v) is 7.44. The molecule has 0 spiro atoms. The molecule has 0 aromatic carbocycles. The minimum Gasteiger partial charge on any atom is -0.345 e. The Morgan fingerprint density at radius 2 is 2.32 bits per heavy atom. The maximum Gasteiger partial charge on any atom is 0.261 e. The molecule has 2 nitrogen and oxygen atoms in total. The van der Waals surface area contributed by atoms with Crippen molar-refractivity contribution in [3.63, 3.8) is 0 Å². The van der Waals surface area contributed by atoms with Crippen LogP contribution in [-0.4, -0.2) is 17.3 Å². The van der Waals surface area contributed by atoms with Crippen molar-refractivity contribution in [1.82, 2.24) is 5.32 Å². The summed E-state index contributed by atoms with van der Waals surface area (Å²) in [7, 11) is 0. The number of amides is 1. The molecule has 1 amide bonds. The van der Waals surface area contributed by atoms with Crippen LogP contribution in [0.4, 0.5) is 0 Å². The predicted molar refractivity (Wildman–Crippen MR) is 82.3 cm³/mol. The Balaban J connectivity index is 2.11. The van der Waals surface area contributed by atoms with Crippen molar-refractivity contribution < 1.29 is 4.79 Å². The van der Waals surface area contributed by atoms with Crippen LogP contribution in [0.1, 0.15) is 52.7 Å². The second-order valence-electron chi connectivity index (χ2n) is 5.92. The molecule has 1 aromatic heterocycles. The molecule has 1 aliphatic rings. The highest BCUT2D eigenvalue weighted by Gasteiger charge is 2.36. The van der Waals surface area contributed by atoms with Crippen LogP contribution in [0.2, 0.25) is 0 Å². The lowest BCUT2D eigenvalue weighted by molar-refractivity contribution is 0.0871. The second kappa shape index (κ2) is 5.84. The molecule has 1 N–H and O–H groups in total. The van der Waals surface area contributed by atoms with Crippen molar-refractivity contribution in [2.24, 2.45) is 5.92 Å². The molecule has 1 heterocycles. The summed E-state index contributed by atoms with van der Waals surface area (Å²) in [6.07, 6.45) is 4.38. The molecular formula is C15H22ClNOS. The molecule has 0 radical (unpaired) electrons. The summed E-state index contributed by atoms with van der Waals surface area (Å²) in [6.45, 7) is 6.34. The first-order valence-electron chi connectivity index (χ1n) is 6.91. The number of thiophene rings is 1. The van der Waals surface area contributed by atoms with Gasteiger partial charge in [0.1, 0.15) is 0 Å². The van der Waals surface area contributed by atoms with Gasteiger partial charge >= 0.3 is 0 Å². The Morgan fingerprint density at radius 3 is 2.84 bits per heavy atom. The van der Waals surface area contributed by atoms with Crippen LogP contribution in [0.25, 0.3) is 0 Å². The van der Waals surface area contributed by atoms with Crippen LogP contribution >= 0.6 is 22.9 Å². The summed E-state index contributed by atoms with van der Waals surface area (Å²) in [5.74, 6) is 1.18. The average molecular weight is 300 g/mol. The van der Waals surface area contributed by atoms with Gasteiger partial charge in [0, 0.05) is 10.8 Å². The number of halogens is 1. The van der Waals surface area contributed by atoms with Crippen LogP contribution in [0.15, 0.2) is 6.07 Å². The molecule has 19 heavy (non-hydrogen) atoms. The third-order valence-electron chi connectivity index (χ3n) is 4.12. The third kappa shape index (κ3) is 3.32. The van der Waals surface area contributed by atoms with E-state index >= 15 is 0 Å². The van der Waals surface area contributed by atoms with Gasteiger partial charge < -0.3 is 5.32 Å². The Morgan fingerprint density at radius 1 is 1.58 bits per heavy atom. The van der Waals surface area contributed by atoms with E-state index in [-0.39, 0.29) is 11.4 Å². The molecule has 1 fully saturated rings. The van der Waals surface area contributed by atoms with Gasteiger partial charge in [0.2, 0.25) is 0 Å². The molecule has 0 bridgehead atoms. The van der Waals surface area contributed by atoms with Gasteiger partial charge in [0.15, 0.2) is 0 Å². The molecule has 2 unspecified atom stereocenters. The number of alkyl halides is 1. The molecule has 1 saturated carbocycles. The van der Waals surface area contributed by atoms with E-state index in [1.54, 1.807) is 11.3 Å². The number of carbonyl (C=O) groups excluding carboxylic acids is 1. The van der Waals surface area contributed by atoms with E-state index in [0.29, 0.717) is 11.8 Å². The first kappa shape index (κ1) is 14.9. The monoisotopic (exact) mass is 299 g/mol. The number of hydrogen-bond acceptors (Lipinski definition) is 2. The summed E-state index contributed by atoms with van der Waals surface area (Å²) < 4.78 is 0. The summed E-state index contributed by atoms with van der Waals surface area (Å²) in [4.78, 5) is 14.4. The lowest BCUT2D eigenvalue weighted by Crippen LogP contribution is -2.52. The van der Waals surface area contributed by atoms with Crippen LogP contribution in [0.5, 0.6) is 0 Å². The van der Waals surface area contributed by atoms with Gasteiger partial charge in [-0.05, 0) is 44.2 Å². The predicted octanol–water partition coefficient (Wildman–Crippen LogP) is 4.28. The Hall–Kier alpha value is -0.540. The molecule has 0 aliphatic heterocycles. The molecular weight excluding hydrogens is 278 g/mol. The zero-order valence-electron chi connectivity index (χ0n) is 11.9. The third-order valence-corrected chi connectivity index (χ3v) is 5.78. The van der Waals surface area contributed by atoms with Gasteiger partial charge in [0.05, 0.1) is 10.4 Å². The van der Waals surface area contributed by atoms with E-state index < -0.39 is 0 Å². The van der Waals surface area contributed by atoms with Crippen molar-refractivity contribution in [3.05, 3.63) is 21.4 Å². The van der Waals surface area contributed by atoms with E-state index in [1.165, 1.54) is 16.9 Å². The topological polar surface area (TPSA) is 29.1 Å². The van der Waals surface area contributed by atoms with Gasteiger partial charge in [-0.2, -0.15) is 0 Å². The molecule has 1 aromatic rings. The standard InChI is InChI=1S/C15H22ClNOS/c1-10-5-4-6-15(8-10,9-16)17-14(18)13-7-11(2)12(3)19-13/h7,10H,4-6,8-9H2,1-3H3,(H,17,18). The van der Waals surface area contributed by atoms with Crippen LogP contribution < -0.4 is 5.32 Å². The van der Waals surface area contributed by atoms with Gasteiger partial charge in [-0.1, -0.05) is 19.8 Å². The van der Waals surface area contributed by atoms with E-state index in [0.717, 1.165) is 24.1 Å². The molecule has 2 rings (SSSR count). The average Bonchev–Trinajstić information content (AvgIpc) is 2.70. The van der Waals surface area contributed by atoms with Gasteiger partial charge in [-0.15, -0.1) is 22.9 Å². The van der Waals surface area contributed by atoms with Crippen molar-refractivity contribution in [2.45, 2.75) is 52.0 Å². The fourth-order valence-electron chi connectivity index (χ4n) is 2.92. The molecule has 1 aliphatic carbocycles. The quantitative estimate of drug-likeness (QED) is 0.829. The summed E-state index contributed by atoms with van der Waals surface area (Å²) in [6, 6.07) is 1.98. The van der Waals surface area contributed by atoms with E-state index in [4.69, 9.17) is 11.6 Å². The van der Waals surface area contributed by atoms with Crippen molar-refractivity contribution >= 4 is 28.8 Å². The maximum absolute atomic E-state index is 12.4. The number of aryl methyl sites for hydroxylation is 2. The van der Waals surface area contributed by atoms with Crippen molar-refractivity contribution in [2.75, 3.05) is 5.88 Å². The van der Waals surface area contributed by atoms with Crippen molar-refractivity contribution in [1.29, 1.82) is 0 Å². The minimum absolute atomic E-state index is 0.0379. The number of hydrogen-bond donors (Lipinski definition) is 1. The zero-order valence-corrected chi connectivity index (χ0v) is 13.5. The summed E-state index contributed by atoms with van der Waals surface area (Å²) >= 11 is 7.73. The first-order chi connectivity index (χ1) is 8.96. The lowest BCUT2D eigenvalue weighted by atomic mass is 9.77. The number of nitrogens with one attached hydrogen (secondary N) is 1. The smallest absolute Gasteiger partial charge is 0.261 e. The van der Waals surface area contributed by atoms with Crippen LogP contribution in [0.3, 0.4) is 0 Å². The maximum atomic E-state index is 12.4. The van der Waals surface area contributed by atoms with Gasteiger partial charge in [-0.3, -0.25) is 4.79 Å². The SMILES string of the molecule is Cc1cc(C(=O)NC2(CCl)CCCC(C)C2)sc1C. The Kier molecular flexibility index (Phi) is 4.57. The van der Waals surface area contributed by atoms with E-state index in [2.05, 4.69) is 19.2 Å². The Bertz CT molecular complexity index is 451. The van der Waals surface area contributed by atoms with Gasteiger partial charge in [-0.25, -0.2) is 0 Å². The molecule has 0 saturated heterocycles. The van der Waals surface area contributed by atoms with Crippen molar-refractivity contribution in [3.8, 4) is 0 Å². The fourth-order valence-corrected chi connectivity index (χ4v) is 4.15. The Labute approximate surface area is 124 Å². The van der Waals surface area contributed by atoms with Gasteiger partial charge in [0.25, 0.3) is 5.91 Å². The minimum atomic E-state index is -0.206. The lowest BCUT2D eigenvalue weighted by Gasteiger charge is -2.39. The summed E-state index contributed by atoms with van der Waals surface area (Å²) in [5.41, 5.74) is 0.981. The number of rotatable bonds is 3. The van der Waals surface area contributed by atoms with Crippen LogP contribution in [-0.2, 0) is 0 Å². The van der Waals surface area contributed by atoms with Crippen LogP contribution in [0, 0.1) is 19.8 Å². The normalized spacial score (nSPS) is 27.3. The molecule has 2 atom stereocenters. The number of carbonyl (C=O) groups is 1. The fraction of sp³-hybridized carbons (Fsp3) is 0.667. The molecule has 106 valence electrons. The van der Waals surface area contributed by atoms with E-state index in [1.807, 2.05) is 13.0 Å².